The first kappa shape index (κ1) is 21.8. The molecule has 1 N–H and O–H groups in total. The maximum atomic E-state index is 6.59. The number of methoxy groups -OCH3 is 1. The molecule has 5 rings (SSSR count). The molecule has 0 bridgehead atoms. The van der Waals surface area contributed by atoms with Gasteiger partial charge in [0.15, 0.2) is 5.11 Å². The van der Waals surface area contributed by atoms with Gasteiger partial charge in [0.1, 0.15) is 11.8 Å². The van der Waals surface area contributed by atoms with E-state index in [1.807, 2.05) is 66.9 Å². The van der Waals surface area contributed by atoms with Crippen LogP contribution in [0.15, 0.2) is 85.2 Å². The van der Waals surface area contributed by atoms with Gasteiger partial charge in [-0.25, -0.2) is 0 Å². The van der Waals surface area contributed by atoms with Crippen LogP contribution < -0.4 is 15.0 Å². The average Bonchev–Trinajstić information content (AvgIpc) is 3.44. The number of anilines is 1. The van der Waals surface area contributed by atoms with Crippen molar-refractivity contribution in [1.29, 1.82) is 0 Å². The van der Waals surface area contributed by atoms with Gasteiger partial charge in [0.25, 0.3) is 0 Å². The van der Waals surface area contributed by atoms with Crippen LogP contribution in [0.2, 0.25) is 10.0 Å². The summed E-state index contributed by atoms with van der Waals surface area (Å²) in [6.45, 7) is 0. The maximum absolute atomic E-state index is 6.59. The van der Waals surface area contributed by atoms with Gasteiger partial charge in [-0.3, -0.25) is 4.98 Å². The second kappa shape index (κ2) is 9.06. The third-order valence-corrected chi connectivity index (χ3v) is 6.53. The molecule has 1 fully saturated rings. The molecule has 0 unspecified atom stereocenters. The summed E-state index contributed by atoms with van der Waals surface area (Å²) >= 11 is 18.6. The van der Waals surface area contributed by atoms with Gasteiger partial charge in [0.05, 0.1) is 29.6 Å². The quantitative estimate of drug-likeness (QED) is 0.326. The summed E-state index contributed by atoms with van der Waals surface area (Å²) in [4.78, 5) is 6.73. The Bertz CT molecular complexity index is 1310. The highest BCUT2D eigenvalue weighted by molar-refractivity contribution is 7.80. The zero-order valence-corrected chi connectivity index (χ0v) is 20.0. The zero-order chi connectivity index (χ0) is 22.9. The molecule has 1 aliphatic rings. The molecule has 2 atom stereocenters. The molecule has 3 heterocycles. The van der Waals surface area contributed by atoms with Gasteiger partial charge in [-0.15, -0.1) is 0 Å². The number of aromatic nitrogens is 2. The minimum atomic E-state index is -0.193. The van der Waals surface area contributed by atoms with Crippen LogP contribution in [0.25, 0.3) is 5.69 Å². The topological polar surface area (TPSA) is 42.3 Å². The Morgan fingerprint density at radius 1 is 1.00 bits per heavy atom. The van der Waals surface area contributed by atoms with Crippen LogP contribution in [0.1, 0.15) is 23.5 Å². The smallest absolute Gasteiger partial charge is 0.174 e. The van der Waals surface area contributed by atoms with E-state index in [-0.39, 0.29) is 12.1 Å². The second-order valence-corrected chi connectivity index (χ2v) is 8.83. The van der Waals surface area contributed by atoms with Gasteiger partial charge in [-0.1, -0.05) is 35.3 Å². The van der Waals surface area contributed by atoms with E-state index in [9.17, 15) is 0 Å². The van der Waals surface area contributed by atoms with Crippen LogP contribution in [-0.2, 0) is 0 Å². The molecule has 0 radical (unpaired) electrons. The van der Waals surface area contributed by atoms with E-state index in [1.165, 1.54) is 0 Å². The Kier molecular flexibility index (Phi) is 5.98. The predicted octanol–water partition coefficient (Wildman–Crippen LogP) is 6.36. The normalized spacial score (nSPS) is 17.8. The molecule has 0 aliphatic carbocycles. The van der Waals surface area contributed by atoms with Crippen LogP contribution in [-0.4, -0.2) is 21.8 Å². The van der Waals surface area contributed by atoms with Crippen LogP contribution in [0, 0.1) is 0 Å². The van der Waals surface area contributed by atoms with E-state index in [0.29, 0.717) is 15.2 Å². The number of hydrogen-bond donors (Lipinski definition) is 1. The zero-order valence-electron chi connectivity index (χ0n) is 17.7. The summed E-state index contributed by atoms with van der Waals surface area (Å²) < 4.78 is 7.54. The molecular formula is C25H20Cl2N4OS. The predicted molar refractivity (Wildman–Crippen MR) is 137 cm³/mol. The molecule has 0 spiro atoms. The van der Waals surface area contributed by atoms with Gasteiger partial charge in [0.2, 0.25) is 0 Å². The highest BCUT2D eigenvalue weighted by Gasteiger charge is 2.42. The number of nitrogens with one attached hydrogen (secondary N) is 1. The van der Waals surface area contributed by atoms with E-state index >= 15 is 0 Å². The summed E-state index contributed by atoms with van der Waals surface area (Å²) in [5.74, 6) is 0.756. The van der Waals surface area contributed by atoms with Crippen molar-refractivity contribution >= 4 is 46.2 Å². The summed E-state index contributed by atoms with van der Waals surface area (Å²) in [5, 5.41) is 5.25. The first-order valence-electron chi connectivity index (χ1n) is 10.3. The number of ether oxygens (including phenoxy) is 1. The van der Waals surface area contributed by atoms with Crippen molar-refractivity contribution in [3.05, 3.63) is 107 Å². The Balaban J connectivity index is 1.68. The van der Waals surface area contributed by atoms with Crippen LogP contribution >= 0.6 is 35.4 Å². The van der Waals surface area contributed by atoms with E-state index in [4.69, 9.17) is 40.2 Å². The molecule has 2 aromatic carbocycles. The number of thiocarbonyl (C=S) groups is 1. The highest BCUT2D eigenvalue weighted by Crippen LogP contribution is 2.43. The summed E-state index contributed by atoms with van der Waals surface area (Å²) in [6.07, 6.45) is 3.78. The molecule has 4 aromatic rings. The SMILES string of the molecule is COc1cccc(N2C(=S)N[C@@H](c3ccccn3)[C@@H]2c2cccn2-c2ccc(Cl)cc2Cl)c1. The van der Waals surface area contributed by atoms with Crippen molar-refractivity contribution < 1.29 is 4.74 Å². The van der Waals surface area contributed by atoms with Crippen molar-refractivity contribution in [1.82, 2.24) is 14.9 Å². The average molecular weight is 495 g/mol. The minimum Gasteiger partial charge on any atom is -0.497 e. The summed E-state index contributed by atoms with van der Waals surface area (Å²) in [7, 11) is 1.65. The van der Waals surface area contributed by atoms with Crippen molar-refractivity contribution in [3.8, 4) is 11.4 Å². The number of rotatable bonds is 5. The van der Waals surface area contributed by atoms with E-state index in [2.05, 4.69) is 25.8 Å². The van der Waals surface area contributed by atoms with Crippen molar-refractivity contribution in [2.24, 2.45) is 0 Å². The number of nitrogens with zero attached hydrogens (tertiary/aromatic N) is 3. The Morgan fingerprint density at radius 3 is 2.64 bits per heavy atom. The van der Waals surface area contributed by atoms with Gasteiger partial charge in [0, 0.05) is 34.9 Å². The molecule has 1 saturated heterocycles. The van der Waals surface area contributed by atoms with Gasteiger partial charge in [-0.2, -0.15) is 0 Å². The largest absolute Gasteiger partial charge is 0.497 e. The lowest BCUT2D eigenvalue weighted by atomic mass is 10.0. The Labute approximate surface area is 207 Å². The molecule has 0 amide bonds. The number of halogens is 2. The first-order valence-corrected chi connectivity index (χ1v) is 11.5. The van der Waals surface area contributed by atoms with Crippen molar-refractivity contribution in [3.63, 3.8) is 0 Å². The van der Waals surface area contributed by atoms with E-state index in [1.54, 1.807) is 19.4 Å². The maximum Gasteiger partial charge on any atom is 0.174 e. The third kappa shape index (κ3) is 4.06. The lowest BCUT2D eigenvalue weighted by Gasteiger charge is -2.29. The number of benzene rings is 2. The molecule has 166 valence electrons. The Hall–Kier alpha value is -3.06. The number of pyridine rings is 1. The summed E-state index contributed by atoms with van der Waals surface area (Å²) in [6, 6.07) is 23.0. The van der Waals surface area contributed by atoms with Crippen LogP contribution in [0.5, 0.6) is 5.75 Å². The van der Waals surface area contributed by atoms with Gasteiger partial charge < -0.3 is 19.5 Å². The monoisotopic (exact) mass is 494 g/mol. The third-order valence-electron chi connectivity index (χ3n) is 5.68. The van der Waals surface area contributed by atoms with Crippen molar-refractivity contribution in [2.75, 3.05) is 12.0 Å². The minimum absolute atomic E-state index is 0.176. The van der Waals surface area contributed by atoms with E-state index < -0.39 is 0 Å². The molecule has 8 heteroatoms. The lowest BCUT2D eigenvalue weighted by Crippen LogP contribution is -2.30. The van der Waals surface area contributed by atoms with Gasteiger partial charge in [-0.05, 0) is 66.8 Å². The molecule has 5 nitrogen and oxygen atoms in total. The molecule has 1 aliphatic heterocycles. The summed E-state index contributed by atoms with van der Waals surface area (Å²) in [5.41, 5.74) is 3.66. The second-order valence-electron chi connectivity index (χ2n) is 7.60. The van der Waals surface area contributed by atoms with Gasteiger partial charge >= 0.3 is 0 Å². The lowest BCUT2D eigenvalue weighted by molar-refractivity contribution is 0.414. The highest BCUT2D eigenvalue weighted by atomic mass is 35.5. The molecule has 2 aromatic heterocycles. The fraction of sp³-hybridized carbons (Fsp3) is 0.120. The molecular weight excluding hydrogens is 475 g/mol. The molecule has 33 heavy (non-hydrogen) atoms. The Morgan fingerprint density at radius 2 is 1.88 bits per heavy atom. The van der Waals surface area contributed by atoms with Crippen molar-refractivity contribution in [2.45, 2.75) is 12.1 Å². The first-order chi connectivity index (χ1) is 16.1. The fourth-order valence-corrected chi connectivity index (χ4v) is 5.07. The fourth-order valence-electron chi connectivity index (χ4n) is 4.22. The molecule has 0 saturated carbocycles. The van der Waals surface area contributed by atoms with Crippen LogP contribution in [0.3, 0.4) is 0 Å². The standard InChI is InChI=1S/C25H20Cl2N4OS/c1-32-18-7-4-6-17(15-18)31-24(23(29-25(31)33)20-8-2-3-12-28-20)22-9-5-13-30(22)21-11-10-16(26)14-19(21)27/h2-15,23-24H,1H3,(H,29,33)/t23-,24-/m0/s1. The number of hydrogen-bond acceptors (Lipinski definition) is 3. The van der Waals surface area contributed by atoms with E-state index in [0.717, 1.165) is 28.5 Å². The van der Waals surface area contributed by atoms with Crippen LogP contribution in [0.4, 0.5) is 5.69 Å².